The van der Waals surface area contributed by atoms with Crippen molar-refractivity contribution < 1.29 is 0 Å². The highest BCUT2D eigenvalue weighted by Gasteiger charge is 2.09. The van der Waals surface area contributed by atoms with Crippen LogP contribution in [0.2, 0.25) is 0 Å². The van der Waals surface area contributed by atoms with E-state index in [1.807, 2.05) is 55.5 Å². The van der Waals surface area contributed by atoms with E-state index in [4.69, 9.17) is 5.26 Å². The highest BCUT2D eigenvalue weighted by Crippen LogP contribution is 2.22. The molecule has 0 fully saturated rings. The molecule has 20 heavy (non-hydrogen) atoms. The molecule has 0 amide bonds. The van der Waals surface area contributed by atoms with E-state index in [2.05, 4.69) is 22.0 Å². The lowest BCUT2D eigenvalue weighted by molar-refractivity contribution is 0.937. The minimum absolute atomic E-state index is 0.305. The first kappa shape index (κ1) is 13.5. The van der Waals surface area contributed by atoms with Crippen LogP contribution in [0.4, 0.5) is 0 Å². The van der Waals surface area contributed by atoms with Crippen molar-refractivity contribution in [1.82, 2.24) is 15.4 Å². The van der Waals surface area contributed by atoms with E-state index in [1.54, 1.807) is 6.08 Å². The molecule has 2 rings (SSSR count). The SMILES string of the molecule is C=C/C=C\C=C(/C)c1ccc(-c2n[nH]nc2C#N)cc1. The number of nitrogens with one attached hydrogen (secondary N) is 1. The third kappa shape index (κ3) is 2.90. The smallest absolute Gasteiger partial charge is 0.190 e. The molecule has 0 aliphatic carbocycles. The molecule has 0 bridgehead atoms. The van der Waals surface area contributed by atoms with Crippen LogP contribution in [0.3, 0.4) is 0 Å². The van der Waals surface area contributed by atoms with E-state index in [1.165, 1.54) is 0 Å². The Morgan fingerprint density at radius 2 is 2.00 bits per heavy atom. The molecule has 0 aliphatic rings. The number of benzene rings is 1. The summed E-state index contributed by atoms with van der Waals surface area (Å²) in [6, 6.07) is 9.87. The summed E-state index contributed by atoms with van der Waals surface area (Å²) >= 11 is 0. The van der Waals surface area contributed by atoms with E-state index in [-0.39, 0.29) is 0 Å². The number of aromatic amines is 1. The van der Waals surface area contributed by atoms with Gasteiger partial charge in [-0.1, -0.05) is 55.1 Å². The van der Waals surface area contributed by atoms with Crippen LogP contribution in [-0.4, -0.2) is 15.4 Å². The third-order valence-electron chi connectivity index (χ3n) is 2.86. The number of nitriles is 1. The Labute approximate surface area is 117 Å². The Kier molecular flexibility index (Phi) is 4.25. The van der Waals surface area contributed by atoms with Crippen LogP contribution in [0.25, 0.3) is 16.8 Å². The first-order valence-electron chi connectivity index (χ1n) is 6.14. The van der Waals surface area contributed by atoms with Gasteiger partial charge in [-0.15, -0.1) is 5.10 Å². The maximum atomic E-state index is 8.93. The molecule has 1 aromatic carbocycles. The van der Waals surface area contributed by atoms with Gasteiger partial charge >= 0.3 is 0 Å². The van der Waals surface area contributed by atoms with Crippen molar-refractivity contribution >= 4 is 5.57 Å². The van der Waals surface area contributed by atoms with Gasteiger partial charge in [0.2, 0.25) is 0 Å². The van der Waals surface area contributed by atoms with Gasteiger partial charge in [-0.25, -0.2) is 0 Å². The second-order valence-electron chi connectivity index (χ2n) is 4.18. The lowest BCUT2D eigenvalue weighted by Gasteiger charge is -2.02. The topological polar surface area (TPSA) is 65.4 Å². The molecule has 0 saturated heterocycles. The lowest BCUT2D eigenvalue weighted by atomic mass is 10.0. The van der Waals surface area contributed by atoms with Crippen molar-refractivity contribution in [2.75, 3.05) is 0 Å². The predicted molar refractivity (Wildman–Crippen MR) is 79.5 cm³/mol. The number of allylic oxidation sites excluding steroid dienone is 5. The molecular formula is C16H14N4. The van der Waals surface area contributed by atoms with Gasteiger partial charge in [-0.2, -0.15) is 15.6 Å². The highest BCUT2D eigenvalue weighted by molar-refractivity contribution is 5.70. The molecule has 0 saturated carbocycles. The second-order valence-corrected chi connectivity index (χ2v) is 4.18. The largest absolute Gasteiger partial charge is 0.196 e. The van der Waals surface area contributed by atoms with Crippen molar-refractivity contribution in [3.05, 3.63) is 66.4 Å². The number of aromatic nitrogens is 3. The van der Waals surface area contributed by atoms with E-state index in [9.17, 15) is 0 Å². The molecule has 98 valence electrons. The maximum absolute atomic E-state index is 8.93. The number of rotatable bonds is 4. The summed E-state index contributed by atoms with van der Waals surface area (Å²) in [7, 11) is 0. The summed E-state index contributed by atoms with van der Waals surface area (Å²) in [5.74, 6) is 0. The summed E-state index contributed by atoms with van der Waals surface area (Å²) in [4.78, 5) is 0. The Bertz CT molecular complexity index is 697. The van der Waals surface area contributed by atoms with Crippen LogP contribution in [0.1, 0.15) is 18.2 Å². The monoisotopic (exact) mass is 262 g/mol. The zero-order valence-corrected chi connectivity index (χ0v) is 11.2. The minimum atomic E-state index is 0.305. The maximum Gasteiger partial charge on any atom is 0.190 e. The van der Waals surface area contributed by atoms with Gasteiger partial charge in [-0.3, -0.25) is 0 Å². The van der Waals surface area contributed by atoms with E-state index in [0.29, 0.717) is 11.4 Å². The fourth-order valence-corrected chi connectivity index (χ4v) is 1.78. The van der Waals surface area contributed by atoms with Crippen molar-refractivity contribution in [1.29, 1.82) is 5.26 Å². The molecule has 0 unspecified atom stereocenters. The standard InChI is InChI=1S/C16H14N4/c1-3-4-5-6-12(2)13-7-9-14(10-8-13)16-15(11-17)18-20-19-16/h3-10H,1H2,2H3,(H,18,19,20)/b5-4-,12-6+. The molecule has 1 aromatic heterocycles. The normalized spacial score (nSPS) is 11.5. The first-order valence-corrected chi connectivity index (χ1v) is 6.14. The van der Waals surface area contributed by atoms with Gasteiger partial charge in [0.25, 0.3) is 0 Å². The minimum Gasteiger partial charge on any atom is -0.196 e. The Morgan fingerprint density at radius 1 is 1.25 bits per heavy atom. The van der Waals surface area contributed by atoms with Crippen molar-refractivity contribution in [3.8, 4) is 17.3 Å². The fourth-order valence-electron chi connectivity index (χ4n) is 1.78. The molecule has 0 atom stereocenters. The molecule has 0 radical (unpaired) electrons. The van der Waals surface area contributed by atoms with Gasteiger partial charge in [-0.05, 0) is 18.1 Å². The molecular weight excluding hydrogens is 248 g/mol. The van der Waals surface area contributed by atoms with E-state index < -0.39 is 0 Å². The van der Waals surface area contributed by atoms with Crippen LogP contribution in [0, 0.1) is 11.3 Å². The summed E-state index contributed by atoms with van der Waals surface area (Å²) < 4.78 is 0. The molecule has 0 aliphatic heterocycles. The number of hydrogen-bond donors (Lipinski definition) is 1. The summed E-state index contributed by atoms with van der Waals surface area (Å²) in [6.07, 6.45) is 7.59. The van der Waals surface area contributed by atoms with Crippen LogP contribution in [0.15, 0.2) is 55.1 Å². The second kappa shape index (κ2) is 6.30. The van der Waals surface area contributed by atoms with Gasteiger partial charge < -0.3 is 0 Å². The first-order chi connectivity index (χ1) is 9.76. The Morgan fingerprint density at radius 3 is 2.65 bits per heavy atom. The molecule has 4 heteroatoms. The van der Waals surface area contributed by atoms with Crippen molar-refractivity contribution in [3.63, 3.8) is 0 Å². The molecule has 1 heterocycles. The summed E-state index contributed by atoms with van der Waals surface area (Å²) in [6.45, 7) is 5.67. The highest BCUT2D eigenvalue weighted by atomic mass is 15.3. The van der Waals surface area contributed by atoms with E-state index >= 15 is 0 Å². The number of hydrogen-bond acceptors (Lipinski definition) is 3. The molecule has 1 N–H and O–H groups in total. The average molecular weight is 262 g/mol. The van der Waals surface area contributed by atoms with Crippen molar-refractivity contribution in [2.45, 2.75) is 6.92 Å². The zero-order valence-electron chi connectivity index (χ0n) is 11.2. The number of H-pyrrole nitrogens is 1. The Balaban J connectivity index is 2.27. The third-order valence-corrected chi connectivity index (χ3v) is 2.86. The van der Waals surface area contributed by atoms with Crippen molar-refractivity contribution in [2.24, 2.45) is 0 Å². The molecule has 2 aromatic rings. The molecule has 0 spiro atoms. The van der Waals surface area contributed by atoms with E-state index in [0.717, 1.165) is 16.7 Å². The number of nitrogens with zero attached hydrogens (tertiary/aromatic N) is 3. The Hall–Kier alpha value is -2.93. The lowest BCUT2D eigenvalue weighted by Crippen LogP contribution is -1.84. The van der Waals surface area contributed by atoms with Gasteiger partial charge in [0.05, 0.1) is 0 Å². The van der Waals surface area contributed by atoms with Crippen LogP contribution in [0.5, 0.6) is 0 Å². The zero-order chi connectivity index (χ0) is 14.4. The van der Waals surface area contributed by atoms with Crippen LogP contribution >= 0.6 is 0 Å². The summed E-state index contributed by atoms with van der Waals surface area (Å²) in [5, 5.41) is 19.2. The average Bonchev–Trinajstić information content (AvgIpc) is 2.96. The van der Waals surface area contributed by atoms with Crippen LogP contribution < -0.4 is 0 Å². The summed E-state index contributed by atoms with van der Waals surface area (Å²) in [5.41, 5.74) is 4.01. The fraction of sp³-hybridized carbons (Fsp3) is 0.0625. The molecule has 4 nitrogen and oxygen atoms in total. The van der Waals surface area contributed by atoms with Gasteiger partial charge in [0.15, 0.2) is 5.69 Å². The van der Waals surface area contributed by atoms with Gasteiger partial charge in [0, 0.05) is 5.56 Å². The van der Waals surface area contributed by atoms with Gasteiger partial charge in [0.1, 0.15) is 11.8 Å². The quantitative estimate of drug-likeness (QED) is 0.858. The van der Waals surface area contributed by atoms with Crippen LogP contribution in [-0.2, 0) is 0 Å². The predicted octanol–water partition coefficient (Wildman–Crippen LogP) is 3.49.